The van der Waals surface area contributed by atoms with Crippen LogP contribution in [-0.4, -0.2) is 22.3 Å². The molecule has 0 unspecified atom stereocenters. The van der Waals surface area contributed by atoms with Crippen LogP contribution in [-0.2, 0) is 6.42 Å². The molecular weight excluding hydrogens is 364 g/mol. The van der Waals surface area contributed by atoms with E-state index < -0.39 is 0 Å². The molecule has 2 nitrogen and oxygen atoms in total. The first-order chi connectivity index (χ1) is 14.8. The Kier molecular flexibility index (Phi) is 4.82. The third kappa shape index (κ3) is 3.27. The minimum atomic E-state index is 0.914. The first-order valence-corrected chi connectivity index (χ1v) is 10.3. The van der Waals surface area contributed by atoms with E-state index in [1.807, 2.05) is 6.08 Å². The van der Waals surface area contributed by atoms with Gasteiger partial charge in [0.05, 0.1) is 6.21 Å². The van der Waals surface area contributed by atoms with Gasteiger partial charge in [0.1, 0.15) is 12.6 Å². The Labute approximate surface area is 177 Å². The monoisotopic (exact) mass is 387 g/mol. The van der Waals surface area contributed by atoms with Crippen molar-refractivity contribution in [2.24, 2.45) is 0 Å². The Hall–Kier alpha value is -3.78. The summed E-state index contributed by atoms with van der Waals surface area (Å²) in [5.74, 6) is 0. The summed E-state index contributed by atoms with van der Waals surface area (Å²) in [6.45, 7) is 4.85. The predicted molar refractivity (Wildman–Crippen MR) is 125 cm³/mol. The Morgan fingerprint density at radius 3 is 2.23 bits per heavy atom. The highest BCUT2D eigenvalue weighted by molar-refractivity contribution is 5.87. The van der Waals surface area contributed by atoms with Gasteiger partial charge in [-0.3, -0.25) is 4.58 Å². The Morgan fingerprint density at radius 2 is 1.57 bits per heavy atom. The number of nitrogens with zero attached hydrogens (tertiary/aromatic N) is 2. The fourth-order valence-electron chi connectivity index (χ4n) is 4.23. The average Bonchev–Trinajstić information content (AvgIpc) is 3.18. The zero-order valence-corrected chi connectivity index (χ0v) is 16.8. The molecule has 0 fully saturated rings. The van der Waals surface area contributed by atoms with Crippen LogP contribution in [0.3, 0.4) is 0 Å². The highest BCUT2D eigenvalue weighted by atomic mass is 15.1. The van der Waals surface area contributed by atoms with Crippen LogP contribution in [0.25, 0.3) is 16.5 Å². The van der Waals surface area contributed by atoms with Crippen LogP contribution in [0, 0.1) is 6.04 Å². The molecule has 1 aliphatic heterocycles. The van der Waals surface area contributed by atoms with Crippen molar-refractivity contribution in [2.45, 2.75) is 6.42 Å². The SMILES string of the molecule is C=CC=[N+]1CCc2c(n[c-]3ccccc23)[C-]1C=C(c1ccccc1)c1ccccc1. The van der Waals surface area contributed by atoms with Crippen LogP contribution in [0.1, 0.15) is 22.4 Å². The molecule has 0 saturated heterocycles. The van der Waals surface area contributed by atoms with Gasteiger partial charge in [-0.15, -0.1) is 41.8 Å². The number of fused-ring (bicyclic) bond motifs is 3. The Balaban J connectivity index is 1.74. The molecule has 0 aliphatic carbocycles. The van der Waals surface area contributed by atoms with Crippen molar-refractivity contribution in [1.82, 2.24) is 4.98 Å². The van der Waals surface area contributed by atoms with Crippen molar-refractivity contribution in [3.05, 3.63) is 132 Å². The number of para-hydroxylation sites is 1. The largest absolute Gasteiger partial charge is 0.339 e. The number of aromatic nitrogens is 1. The molecule has 1 aliphatic rings. The number of rotatable bonds is 4. The zero-order chi connectivity index (χ0) is 20.3. The van der Waals surface area contributed by atoms with Crippen LogP contribution >= 0.6 is 0 Å². The van der Waals surface area contributed by atoms with E-state index in [0.717, 1.165) is 30.2 Å². The van der Waals surface area contributed by atoms with E-state index in [4.69, 9.17) is 4.98 Å². The summed E-state index contributed by atoms with van der Waals surface area (Å²) >= 11 is 0. The van der Waals surface area contributed by atoms with E-state index in [9.17, 15) is 0 Å². The maximum atomic E-state index is 5.03. The summed E-state index contributed by atoms with van der Waals surface area (Å²) in [5.41, 5.74) is 7.05. The molecule has 2 heterocycles. The van der Waals surface area contributed by atoms with Gasteiger partial charge in [0, 0.05) is 0 Å². The molecule has 1 aromatic heterocycles. The molecule has 0 spiro atoms. The molecule has 3 aromatic carbocycles. The van der Waals surface area contributed by atoms with Gasteiger partial charge in [0.15, 0.2) is 0 Å². The van der Waals surface area contributed by atoms with Crippen molar-refractivity contribution in [1.29, 1.82) is 0 Å². The summed E-state index contributed by atoms with van der Waals surface area (Å²) in [6.07, 6.45) is 7.17. The van der Waals surface area contributed by atoms with Gasteiger partial charge in [-0.1, -0.05) is 83.4 Å². The lowest BCUT2D eigenvalue weighted by atomic mass is 9.92. The van der Waals surface area contributed by atoms with Crippen molar-refractivity contribution in [3.8, 4) is 0 Å². The average molecular weight is 388 g/mol. The number of hydrogen-bond donors (Lipinski definition) is 0. The van der Waals surface area contributed by atoms with Gasteiger partial charge in [-0.25, -0.2) is 0 Å². The normalized spacial score (nSPS) is 14.5. The quantitative estimate of drug-likeness (QED) is 0.320. The molecular formula is C28H23N2-. The summed E-state index contributed by atoms with van der Waals surface area (Å²) < 4.78 is 2.27. The lowest BCUT2D eigenvalue weighted by Gasteiger charge is -2.28. The van der Waals surface area contributed by atoms with Crippen LogP contribution in [0.15, 0.2) is 104 Å². The van der Waals surface area contributed by atoms with E-state index in [1.165, 1.54) is 27.6 Å². The van der Waals surface area contributed by atoms with Gasteiger partial charge in [-0.2, -0.15) is 0 Å². The second-order valence-electron chi connectivity index (χ2n) is 7.46. The molecule has 2 heteroatoms. The lowest BCUT2D eigenvalue weighted by Crippen LogP contribution is -2.28. The van der Waals surface area contributed by atoms with E-state index in [2.05, 4.69) is 108 Å². The summed E-state index contributed by atoms with van der Waals surface area (Å²) in [7, 11) is 0. The highest BCUT2D eigenvalue weighted by Crippen LogP contribution is 2.35. The molecule has 30 heavy (non-hydrogen) atoms. The second kappa shape index (κ2) is 7.92. The molecule has 0 radical (unpaired) electrons. The topological polar surface area (TPSA) is 15.9 Å². The first kappa shape index (κ1) is 18.3. The smallest absolute Gasteiger partial charge is 0.126 e. The van der Waals surface area contributed by atoms with Crippen LogP contribution in [0.5, 0.6) is 0 Å². The van der Waals surface area contributed by atoms with Gasteiger partial charge in [-0.05, 0) is 23.7 Å². The van der Waals surface area contributed by atoms with Crippen molar-refractivity contribution in [3.63, 3.8) is 0 Å². The zero-order valence-electron chi connectivity index (χ0n) is 16.8. The Morgan fingerprint density at radius 1 is 0.900 bits per heavy atom. The van der Waals surface area contributed by atoms with Crippen molar-refractivity contribution in [2.75, 3.05) is 6.54 Å². The third-order valence-corrected chi connectivity index (χ3v) is 5.64. The number of hydrogen-bond acceptors (Lipinski definition) is 1. The lowest BCUT2D eigenvalue weighted by molar-refractivity contribution is -0.498. The van der Waals surface area contributed by atoms with Crippen molar-refractivity contribution < 1.29 is 4.58 Å². The molecule has 4 aromatic rings. The molecule has 5 rings (SSSR count). The van der Waals surface area contributed by atoms with Crippen LogP contribution < -0.4 is 0 Å². The molecule has 0 bridgehead atoms. The molecule has 0 amide bonds. The van der Waals surface area contributed by atoms with E-state index in [1.54, 1.807) is 0 Å². The predicted octanol–water partition coefficient (Wildman–Crippen LogP) is 5.79. The maximum Gasteiger partial charge on any atom is 0.126 e. The minimum absolute atomic E-state index is 0.914. The van der Waals surface area contributed by atoms with Gasteiger partial charge in [0.25, 0.3) is 0 Å². The second-order valence-corrected chi connectivity index (χ2v) is 7.46. The minimum Gasteiger partial charge on any atom is -0.339 e. The molecule has 0 saturated carbocycles. The fourth-order valence-corrected chi connectivity index (χ4v) is 4.23. The van der Waals surface area contributed by atoms with Crippen LogP contribution in [0.2, 0.25) is 0 Å². The van der Waals surface area contributed by atoms with Crippen LogP contribution in [0.4, 0.5) is 0 Å². The van der Waals surface area contributed by atoms with Gasteiger partial charge in [0.2, 0.25) is 0 Å². The number of allylic oxidation sites excluding steroid dienone is 1. The first-order valence-electron chi connectivity index (χ1n) is 10.3. The maximum absolute atomic E-state index is 5.03. The van der Waals surface area contributed by atoms with Crippen molar-refractivity contribution >= 4 is 22.7 Å². The Bertz CT molecular complexity index is 1200. The fraction of sp³-hybridized carbons (Fsp3) is 0.0714. The summed E-state index contributed by atoms with van der Waals surface area (Å²) in [4.78, 5) is 5.03. The number of benzene rings is 3. The summed E-state index contributed by atoms with van der Waals surface area (Å²) in [6, 6.07) is 30.7. The molecule has 146 valence electrons. The molecule has 0 atom stereocenters. The molecule has 0 N–H and O–H groups in total. The van der Waals surface area contributed by atoms with E-state index in [-0.39, 0.29) is 0 Å². The van der Waals surface area contributed by atoms with E-state index in [0.29, 0.717) is 0 Å². The standard InChI is InChI=1S/C28H23N2/c1-2-18-30-19-17-24-23-15-9-10-16-26(23)29-28(24)27(30)20-25(21-11-5-3-6-12-21)22-13-7-4-8-14-22/h2-16,18,20H,1,17,19H2/q-1. The highest BCUT2D eigenvalue weighted by Gasteiger charge is 2.24. The van der Waals surface area contributed by atoms with Gasteiger partial charge >= 0.3 is 0 Å². The third-order valence-electron chi connectivity index (χ3n) is 5.64. The van der Waals surface area contributed by atoms with Gasteiger partial charge < -0.3 is 4.98 Å². The summed E-state index contributed by atoms with van der Waals surface area (Å²) in [5, 5.41) is 1.26. The van der Waals surface area contributed by atoms with E-state index >= 15 is 0 Å².